The van der Waals surface area contributed by atoms with E-state index in [4.69, 9.17) is 21.4 Å². The average molecular weight is 265 g/mol. The molecule has 1 heterocycles. The zero-order valence-electron chi connectivity index (χ0n) is 10.1. The number of ether oxygens (including phenoxy) is 1. The SMILES string of the molecule is Cc1cc(Cl)cc(C)c1Oc1cnc(CO)cn1. The highest BCUT2D eigenvalue weighted by Crippen LogP contribution is 2.30. The minimum atomic E-state index is -0.133. The molecule has 2 aromatic rings. The van der Waals surface area contributed by atoms with Gasteiger partial charge in [0.15, 0.2) is 0 Å². The Balaban J connectivity index is 2.28. The van der Waals surface area contributed by atoms with Crippen molar-refractivity contribution >= 4 is 11.6 Å². The van der Waals surface area contributed by atoms with Crippen molar-refractivity contribution in [2.24, 2.45) is 0 Å². The number of aryl methyl sites for hydroxylation is 2. The van der Waals surface area contributed by atoms with Crippen LogP contribution in [-0.4, -0.2) is 15.1 Å². The lowest BCUT2D eigenvalue weighted by Crippen LogP contribution is -1.96. The molecule has 4 nitrogen and oxygen atoms in total. The Morgan fingerprint density at radius 2 is 1.83 bits per heavy atom. The van der Waals surface area contributed by atoms with Crippen LogP contribution >= 0.6 is 11.6 Å². The number of aliphatic hydroxyl groups is 1. The van der Waals surface area contributed by atoms with Crippen molar-refractivity contribution in [3.63, 3.8) is 0 Å². The predicted octanol–water partition coefficient (Wildman–Crippen LogP) is 3.03. The second-order valence-corrected chi connectivity index (χ2v) is 4.41. The Morgan fingerprint density at radius 1 is 1.17 bits per heavy atom. The van der Waals surface area contributed by atoms with E-state index < -0.39 is 0 Å². The predicted molar refractivity (Wildman–Crippen MR) is 69.0 cm³/mol. The molecule has 0 atom stereocenters. The zero-order chi connectivity index (χ0) is 13.1. The quantitative estimate of drug-likeness (QED) is 0.926. The minimum absolute atomic E-state index is 0.133. The molecule has 0 aliphatic rings. The molecule has 0 saturated heterocycles. The summed E-state index contributed by atoms with van der Waals surface area (Å²) in [6, 6.07) is 3.67. The first-order chi connectivity index (χ1) is 8.60. The third kappa shape index (κ3) is 2.78. The lowest BCUT2D eigenvalue weighted by Gasteiger charge is -2.11. The second-order valence-electron chi connectivity index (χ2n) is 3.97. The highest BCUT2D eigenvalue weighted by Gasteiger charge is 2.08. The van der Waals surface area contributed by atoms with Gasteiger partial charge in [0.05, 0.1) is 24.7 Å². The first-order valence-corrected chi connectivity index (χ1v) is 5.84. The van der Waals surface area contributed by atoms with Crippen LogP contribution in [0.2, 0.25) is 5.02 Å². The molecule has 94 valence electrons. The number of nitrogens with zero attached hydrogens (tertiary/aromatic N) is 2. The van der Waals surface area contributed by atoms with Gasteiger partial charge in [-0.3, -0.25) is 4.98 Å². The topological polar surface area (TPSA) is 55.2 Å². The summed E-state index contributed by atoms with van der Waals surface area (Å²) in [5, 5.41) is 9.56. The Bertz CT molecular complexity index is 532. The number of aliphatic hydroxyl groups excluding tert-OH is 1. The Kier molecular flexibility index (Phi) is 3.79. The van der Waals surface area contributed by atoms with Gasteiger partial charge in [0.25, 0.3) is 0 Å². The van der Waals surface area contributed by atoms with Crippen molar-refractivity contribution < 1.29 is 9.84 Å². The van der Waals surface area contributed by atoms with Crippen LogP contribution in [0.15, 0.2) is 24.5 Å². The summed E-state index contributed by atoms with van der Waals surface area (Å²) in [4.78, 5) is 8.08. The molecule has 0 bridgehead atoms. The van der Waals surface area contributed by atoms with E-state index in [0.717, 1.165) is 16.9 Å². The molecule has 5 heteroatoms. The third-order valence-corrected chi connectivity index (χ3v) is 2.69. The van der Waals surface area contributed by atoms with E-state index in [9.17, 15) is 0 Å². The molecule has 0 aliphatic carbocycles. The number of hydrogen-bond donors (Lipinski definition) is 1. The number of rotatable bonds is 3. The molecule has 2 rings (SSSR count). The minimum Gasteiger partial charge on any atom is -0.437 e. The van der Waals surface area contributed by atoms with Gasteiger partial charge in [-0.05, 0) is 37.1 Å². The van der Waals surface area contributed by atoms with Crippen LogP contribution in [0.5, 0.6) is 11.6 Å². The van der Waals surface area contributed by atoms with Crippen LogP contribution in [0.1, 0.15) is 16.8 Å². The first-order valence-electron chi connectivity index (χ1n) is 5.46. The van der Waals surface area contributed by atoms with Crippen LogP contribution in [0.3, 0.4) is 0 Å². The van der Waals surface area contributed by atoms with E-state index in [1.54, 1.807) is 0 Å². The maximum Gasteiger partial charge on any atom is 0.237 e. The van der Waals surface area contributed by atoms with Gasteiger partial charge < -0.3 is 9.84 Å². The summed E-state index contributed by atoms with van der Waals surface area (Å²) in [7, 11) is 0. The van der Waals surface area contributed by atoms with Gasteiger partial charge in [0.2, 0.25) is 5.88 Å². The highest BCUT2D eigenvalue weighted by atomic mass is 35.5. The van der Waals surface area contributed by atoms with Gasteiger partial charge in [-0.15, -0.1) is 0 Å². The van der Waals surface area contributed by atoms with Crippen LogP contribution < -0.4 is 4.74 Å². The van der Waals surface area contributed by atoms with Crippen molar-refractivity contribution in [3.8, 4) is 11.6 Å². The molecule has 0 unspecified atom stereocenters. The van der Waals surface area contributed by atoms with Crippen LogP contribution in [0.4, 0.5) is 0 Å². The van der Waals surface area contributed by atoms with E-state index in [2.05, 4.69) is 9.97 Å². The van der Waals surface area contributed by atoms with Crippen molar-refractivity contribution in [1.29, 1.82) is 0 Å². The van der Waals surface area contributed by atoms with E-state index in [1.807, 2.05) is 26.0 Å². The second kappa shape index (κ2) is 5.33. The molecule has 0 aliphatic heterocycles. The Hall–Kier alpha value is -1.65. The van der Waals surface area contributed by atoms with Crippen molar-refractivity contribution in [2.75, 3.05) is 0 Å². The van der Waals surface area contributed by atoms with E-state index in [1.165, 1.54) is 12.4 Å². The normalized spacial score (nSPS) is 10.4. The molecular formula is C13H13ClN2O2. The smallest absolute Gasteiger partial charge is 0.237 e. The molecule has 1 aromatic heterocycles. The van der Waals surface area contributed by atoms with Gasteiger partial charge in [-0.2, -0.15) is 0 Å². The summed E-state index contributed by atoms with van der Waals surface area (Å²) < 4.78 is 5.68. The molecule has 18 heavy (non-hydrogen) atoms. The molecule has 0 spiro atoms. The summed E-state index contributed by atoms with van der Waals surface area (Å²) in [5.41, 5.74) is 2.38. The van der Waals surface area contributed by atoms with Crippen LogP contribution in [0, 0.1) is 13.8 Å². The van der Waals surface area contributed by atoms with Crippen molar-refractivity contribution in [2.45, 2.75) is 20.5 Å². The average Bonchev–Trinajstić information content (AvgIpc) is 2.34. The largest absolute Gasteiger partial charge is 0.437 e. The van der Waals surface area contributed by atoms with Gasteiger partial charge in [0.1, 0.15) is 5.75 Å². The lowest BCUT2D eigenvalue weighted by molar-refractivity contribution is 0.275. The third-order valence-electron chi connectivity index (χ3n) is 2.48. The van der Waals surface area contributed by atoms with E-state index in [-0.39, 0.29) is 6.61 Å². The molecule has 1 aromatic carbocycles. The van der Waals surface area contributed by atoms with Gasteiger partial charge >= 0.3 is 0 Å². The summed E-state index contributed by atoms with van der Waals surface area (Å²) in [6.07, 6.45) is 2.97. The fourth-order valence-corrected chi connectivity index (χ4v) is 1.97. The van der Waals surface area contributed by atoms with Gasteiger partial charge in [0, 0.05) is 5.02 Å². The molecular weight excluding hydrogens is 252 g/mol. The number of aromatic nitrogens is 2. The fraction of sp³-hybridized carbons (Fsp3) is 0.231. The summed E-state index contributed by atoms with van der Waals surface area (Å²) in [6.45, 7) is 3.71. The number of hydrogen-bond acceptors (Lipinski definition) is 4. The molecule has 0 radical (unpaired) electrons. The molecule has 0 amide bonds. The lowest BCUT2D eigenvalue weighted by atomic mass is 10.1. The van der Waals surface area contributed by atoms with Gasteiger partial charge in [-0.25, -0.2) is 4.98 Å². The van der Waals surface area contributed by atoms with Crippen LogP contribution in [-0.2, 0) is 6.61 Å². The Morgan fingerprint density at radius 3 is 2.33 bits per heavy atom. The van der Waals surface area contributed by atoms with Crippen molar-refractivity contribution in [3.05, 3.63) is 46.4 Å². The van der Waals surface area contributed by atoms with Crippen molar-refractivity contribution in [1.82, 2.24) is 9.97 Å². The zero-order valence-corrected chi connectivity index (χ0v) is 10.9. The van der Waals surface area contributed by atoms with Gasteiger partial charge in [-0.1, -0.05) is 11.6 Å². The van der Waals surface area contributed by atoms with Crippen LogP contribution in [0.25, 0.3) is 0 Å². The molecule has 0 fully saturated rings. The maximum absolute atomic E-state index is 8.88. The standard InChI is InChI=1S/C13H13ClN2O2/c1-8-3-10(14)4-9(2)13(8)18-12-6-15-11(7-17)5-16-12/h3-6,17H,7H2,1-2H3. The number of benzene rings is 1. The first kappa shape index (κ1) is 12.8. The highest BCUT2D eigenvalue weighted by molar-refractivity contribution is 6.30. The fourth-order valence-electron chi connectivity index (χ4n) is 1.64. The summed E-state index contributed by atoms with van der Waals surface area (Å²) >= 11 is 5.95. The monoisotopic (exact) mass is 264 g/mol. The number of halogens is 1. The van der Waals surface area contributed by atoms with E-state index >= 15 is 0 Å². The Labute approximate surface area is 110 Å². The maximum atomic E-state index is 8.88. The van der Waals surface area contributed by atoms with E-state index in [0.29, 0.717) is 16.6 Å². The molecule has 0 saturated carbocycles. The summed E-state index contributed by atoms with van der Waals surface area (Å²) in [5.74, 6) is 1.12. The molecule has 1 N–H and O–H groups in total.